The number of H-pyrrole nitrogens is 2. The molecule has 6 rings (SSSR count). The van der Waals surface area contributed by atoms with Crippen molar-refractivity contribution < 1.29 is 19.1 Å². The van der Waals surface area contributed by atoms with Crippen LogP contribution in [0.1, 0.15) is 103 Å². The predicted octanol–water partition coefficient (Wildman–Crippen LogP) is 8.32. The Morgan fingerprint density at radius 1 is 0.958 bits per heavy atom. The van der Waals surface area contributed by atoms with Gasteiger partial charge in [-0.1, -0.05) is 35.6 Å². The van der Waals surface area contributed by atoms with Gasteiger partial charge in [-0.05, 0) is 98.4 Å². The van der Waals surface area contributed by atoms with E-state index in [1.165, 1.54) is 0 Å². The van der Waals surface area contributed by atoms with E-state index in [2.05, 4.69) is 21.8 Å². The maximum Gasteiger partial charge on any atom is 0.411 e. The third-order valence-electron chi connectivity index (χ3n) is 8.65. The van der Waals surface area contributed by atoms with Gasteiger partial charge in [0.15, 0.2) is 0 Å². The zero-order valence-electron chi connectivity index (χ0n) is 28.7. The molecule has 0 bridgehead atoms. The average molecular weight is 671 g/mol. The summed E-state index contributed by atoms with van der Waals surface area (Å²) in [7, 11) is 0. The van der Waals surface area contributed by atoms with Gasteiger partial charge in [0, 0.05) is 36.0 Å². The van der Waals surface area contributed by atoms with E-state index in [0.717, 1.165) is 59.4 Å². The number of rotatable bonds is 3. The summed E-state index contributed by atoms with van der Waals surface area (Å²) in [4.78, 5) is 45.7. The largest absolute Gasteiger partial charge is 0.444 e. The zero-order valence-corrected chi connectivity index (χ0v) is 29.4. The van der Waals surface area contributed by atoms with E-state index >= 15 is 0 Å². The first-order valence-electron chi connectivity index (χ1n) is 16.5. The normalized spacial score (nSPS) is 19.8. The molecule has 2 aromatic carbocycles. The molecule has 1 unspecified atom stereocenters. The van der Waals surface area contributed by atoms with Gasteiger partial charge in [0.1, 0.15) is 28.4 Å². The number of ether oxygens (including phenoxy) is 2. The molecule has 11 heteroatoms. The number of aromatic nitrogens is 4. The van der Waals surface area contributed by atoms with Crippen molar-refractivity contribution in [1.82, 2.24) is 29.7 Å². The smallest absolute Gasteiger partial charge is 0.411 e. The predicted molar refractivity (Wildman–Crippen MR) is 186 cm³/mol. The molecule has 252 valence electrons. The minimum absolute atomic E-state index is 0.142. The Balaban J connectivity index is 1.17. The lowest BCUT2D eigenvalue weighted by atomic mass is 9.98. The molecule has 2 N–H and O–H groups in total. The van der Waals surface area contributed by atoms with Gasteiger partial charge in [0.2, 0.25) is 0 Å². The third-order valence-corrected chi connectivity index (χ3v) is 8.96. The van der Waals surface area contributed by atoms with Gasteiger partial charge in [-0.3, -0.25) is 9.80 Å². The number of carbonyl (C=O) groups excluding carboxylic acids is 2. The number of halogens is 1. The van der Waals surface area contributed by atoms with E-state index in [-0.39, 0.29) is 18.2 Å². The fourth-order valence-electron chi connectivity index (χ4n) is 6.31. The first kappa shape index (κ1) is 33.4. The topological polar surface area (TPSA) is 116 Å². The third kappa shape index (κ3) is 7.02. The summed E-state index contributed by atoms with van der Waals surface area (Å²) in [6.45, 7) is 14.5. The molecule has 48 heavy (non-hydrogen) atoms. The summed E-state index contributed by atoms with van der Waals surface area (Å²) in [5.41, 5.74) is 2.98. The van der Waals surface area contributed by atoms with E-state index in [4.69, 9.17) is 31.0 Å². The number of aromatic amines is 2. The minimum atomic E-state index is -0.620. The Labute approximate surface area is 286 Å². The molecular weight excluding hydrogens is 628 g/mol. The molecule has 2 aromatic heterocycles. The summed E-state index contributed by atoms with van der Waals surface area (Å²) in [6, 6.07) is 11.4. The van der Waals surface area contributed by atoms with Crippen molar-refractivity contribution in [2.24, 2.45) is 0 Å². The molecule has 2 amide bonds. The minimum Gasteiger partial charge on any atom is -0.444 e. The number of hydrogen-bond acceptors (Lipinski definition) is 6. The van der Waals surface area contributed by atoms with Crippen molar-refractivity contribution >= 4 is 34.8 Å². The molecule has 2 fully saturated rings. The highest BCUT2D eigenvalue weighted by molar-refractivity contribution is 6.32. The Kier molecular flexibility index (Phi) is 8.71. The van der Waals surface area contributed by atoms with E-state index in [1.807, 2.05) is 91.1 Å². The van der Waals surface area contributed by atoms with Crippen LogP contribution in [0.25, 0.3) is 22.3 Å². The quantitative estimate of drug-likeness (QED) is 0.212. The lowest BCUT2D eigenvalue weighted by molar-refractivity contribution is 0.00861. The fraction of sp³-hybridized carbons (Fsp3) is 0.459. The standard InChI is InChI=1S/C37H43ClN6O4/c1-35(2,3)47-33(45)43-18-8-10-30(43)31-39-22-29(40-31)24-14-11-23(12-15-24)13-16-25-20-27-28(21-26(25)38)42-32(41-27)37(7)17-9-19-44(37)34(46)48-36(4,5)6/h11-12,14-15,20-22,30H,8-10,17-19H2,1-7H3,(H,39,40)(H,41,42)/t30-,37?/m0/s1. The van der Waals surface area contributed by atoms with Crippen LogP contribution < -0.4 is 0 Å². The van der Waals surface area contributed by atoms with Crippen LogP contribution in [0.5, 0.6) is 0 Å². The van der Waals surface area contributed by atoms with Crippen molar-refractivity contribution in [2.45, 2.75) is 96.9 Å². The van der Waals surface area contributed by atoms with E-state index in [9.17, 15) is 9.59 Å². The van der Waals surface area contributed by atoms with Crippen LogP contribution in [0.15, 0.2) is 42.6 Å². The van der Waals surface area contributed by atoms with Crippen molar-refractivity contribution in [3.63, 3.8) is 0 Å². The van der Waals surface area contributed by atoms with Crippen LogP contribution in [0.3, 0.4) is 0 Å². The number of likely N-dealkylation sites (tertiary alicyclic amines) is 2. The number of hydrogen-bond donors (Lipinski definition) is 2. The highest BCUT2D eigenvalue weighted by atomic mass is 35.5. The lowest BCUT2D eigenvalue weighted by Gasteiger charge is -2.34. The zero-order chi connectivity index (χ0) is 34.4. The average Bonchev–Trinajstić information content (AvgIpc) is 3.80. The second kappa shape index (κ2) is 12.5. The molecular formula is C37H43ClN6O4. The lowest BCUT2D eigenvalue weighted by Crippen LogP contribution is -2.46. The van der Waals surface area contributed by atoms with Crippen molar-refractivity contribution in [3.8, 4) is 23.1 Å². The SMILES string of the molecule is CC(C)(C)OC(=O)N1CCC[C@H]1c1nc(-c2ccc(C#Cc3cc4nc(C5(C)CCCN5C(=O)OC(C)(C)C)[nH]c4cc3Cl)cc2)c[nH]1. The number of nitrogens with one attached hydrogen (secondary N) is 2. The maximum absolute atomic E-state index is 13.0. The number of nitrogens with zero attached hydrogens (tertiary/aromatic N) is 4. The molecule has 2 atom stereocenters. The molecule has 4 aromatic rings. The number of benzene rings is 2. The van der Waals surface area contributed by atoms with Crippen LogP contribution in [-0.4, -0.2) is 66.2 Å². The van der Waals surface area contributed by atoms with Gasteiger partial charge in [0.25, 0.3) is 0 Å². The van der Waals surface area contributed by atoms with E-state index in [1.54, 1.807) is 9.80 Å². The first-order valence-corrected chi connectivity index (χ1v) is 16.9. The molecule has 0 spiro atoms. The molecule has 0 aliphatic carbocycles. The maximum atomic E-state index is 13.0. The fourth-order valence-corrected chi connectivity index (χ4v) is 6.52. The Morgan fingerprint density at radius 3 is 2.38 bits per heavy atom. The van der Waals surface area contributed by atoms with Crippen LogP contribution in [0, 0.1) is 11.8 Å². The van der Waals surface area contributed by atoms with Gasteiger partial charge < -0.3 is 19.4 Å². The van der Waals surface area contributed by atoms with Gasteiger partial charge >= 0.3 is 12.2 Å². The molecule has 2 saturated heterocycles. The van der Waals surface area contributed by atoms with Gasteiger partial charge in [0.05, 0.1) is 27.8 Å². The van der Waals surface area contributed by atoms with Gasteiger partial charge in [-0.15, -0.1) is 0 Å². The molecule has 4 heterocycles. The summed E-state index contributed by atoms with van der Waals surface area (Å²) in [5.74, 6) is 7.87. The Bertz CT molecular complexity index is 1910. The number of imidazole rings is 2. The van der Waals surface area contributed by atoms with Crippen LogP contribution in [0.2, 0.25) is 5.02 Å². The summed E-state index contributed by atoms with van der Waals surface area (Å²) >= 11 is 6.67. The second-order valence-electron chi connectivity index (χ2n) is 14.8. The molecule has 0 radical (unpaired) electrons. The van der Waals surface area contributed by atoms with Gasteiger partial charge in [-0.2, -0.15) is 0 Å². The summed E-state index contributed by atoms with van der Waals surface area (Å²) < 4.78 is 11.3. The van der Waals surface area contributed by atoms with E-state index in [0.29, 0.717) is 29.5 Å². The van der Waals surface area contributed by atoms with Crippen molar-refractivity contribution in [3.05, 3.63) is 70.4 Å². The van der Waals surface area contributed by atoms with E-state index < -0.39 is 16.7 Å². The van der Waals surface area contributed by atoms with Crippen LogP contribution in [0.4, 0.5) is 9.59 Å². The molecule has 10 nitrogen and oxygen atoms in total. The van der Waals surface area contributed by atoms with Crippen molar-refractivity contribution in [2.75, 3.05) is 13.1 Å². The molecule has 2 aliphatic heterocycles. The molecule has 2 aliphatic rings. The highest BCUT2D eigenvalue weighted by Gasteiger charge is 2.45. The van der Waals surface area contributed by atoms with Crippen molar-refractivity contribution in [1.29, 1.82) is 0 Å². The Morgan fingerprint density at radius 2 is 1.67 bits per heavy atom. The summed E-state index contributed by atoms with van der Waals surface area (Å²) in [5, 5.41) is 0.513. The summed E-state index contributed by atoms with van der Waals surface area (Å²) in [6.07, 6.45) is 4.57. The number of carbonyl (C=O) groups is 2. The number of fused-ring (bicyclic) bond motifs is 1. The second-order valence-corrected chi connectivity index (χ2v) is 15.2. The first-order chi connectivity index (χ1) is 22.6. The Hall–Kier alpha value is -4.49. The van der Waals surface area contributed by atoms with Gasteiger partial charge in [-0.25, -0.2) is 19.6 Å². The monoisotopic (exact) mass is 670 g/mol. The number of amides is 2. The van der Waals surface area contributed by atoms with Crippen LogP contribution in [-0.2, 0) is 15.0 Å². The van der Waals surface area contributed by atoms with Crippen LogP contribution >= 0.6 is 11.6 Å². The molecule has 0 saturated carbocycles. The highest BCUT2D eigenvalue weighted by Crippen LogP contribution is 2.39.